The normalized spacial score (nSPS) is 10.5. The van der Waals surface area contributed by atoms with E-state index < -0.39 is 17.4 Å². The fraction of sp³-hybridized carbons (Fsp3) is 0.0769. The van der Waals surface area contributed by atoms with Crippen LogP contribution in [0, 0.1) is 6.92 Å². The van der Waals surface area contributed by atoms with E-state index in [1.54, 1.807) is 54.6 Å². The summed E-state index contributed by atoms with van der Waals surface area (Å²) in [5, 5.41) is 9.80. The van der Waals surface area contributed by atoms with Crippen LogP contribution in [-0.2, 0) is 11.3 Å². The third kappa shape index (κ3) is 5.40. The highest BCUT2D eigenvalue weighted by molar-refractivity contribution is 6.04. The zero-order valence-electron chi connectivity index (χ0n) is 18.0. The maximum atomic E-state index is 13.1. The number of para-hydroxylation sites is 1. The van der Waals surface area contributed by atoms with Crippen molar-refractivity contribution in [2.45, 2.75) is 13.5 Å². The van der Waals surface area contributed by atoms with Crippen LogP contribution in [0.15, 0.2) is 95.8 Å². The Morgan fingerprint density at radius 3 is 2.15 bits per heavy atom. The first-order valence-corrected chi connectivity index (χ1v) is 10.4. The summed E-state index contributed by atoms with van der Waals surface area (Å²) in [6, 6.07) is 26.7. The second-order valence-corrected chi connectivity index (χ2v) is 7.51. The average molecular weight is 438 g/mol. The molecule has 0 aliphatic heterocycles. The minimum atomic E-state index is -0.571. The van der Waals surface area contributed by atoms with Crippen molar-refractivity contribution >= 4 is 23.2 Å². The topological polar surface area (TPSA) is 93.1 Å². The lowest BCUT2D eigenvalue weighted by Crippen LogP contribution is -2.32. The number of carbonyl (C=O) groups is 2. The molecule has 0 fully saturated rings. The first-order valence-electron chi connectivity index (χ1n) is 10.4. The average Bonchev–Trinajstić information content (AvgIpc) is 2.83. The van der Waals surface area contributed by atoms with E-state index in [0.29, 0.717) is 16.9 Å². The summed E-state index contributed by atoms with van der Waals surface area (Å²) in [7, 11) is 0. The molecule has 0 bridgehead atoms. The number of benzene rings is 3. The monoisotopic (exact) mass is 438 g/mol. The Labute approximate surface area is 190 Å². The molecule has 0 aliphatic carbocycles. The molecule has 7 heteroatoms. The van der Waals surface area contributed by atoms with Crippen molar-refractivity contribution in [1.29, 1.82) is 0 Å². The molecule has 4 aromatic rings. The van der Waals surface area contributed by atoms with Crippen LogP contribution in [0.3, 0.4) is 0 Å². The predicted octanol–water partition coefficient (Wildman–Crippen LogP) is 4.11. The van der Waals surface area contributed by atoms with Crippen molar-refractivity contribution in [2.24, 2.45) is 0 Å². The molecule has 2 amide bonds. The molecule has 0 spiro atoms. The zero-order chi connectivity index (χ0) is 23.2. The lowest BCUT2D eigenvalue weighted by atomic mass is 10.1. The summed E-state index contributed by atoms with van der Waals surface area (Å²) in [5.41, 5.74) is 2.80. The number of rotatable bonds is 6. The number of anilines is 2. The number of nitrogens with one attached hydrogen (secondary N) is 2. The zero-order valence-corrected chi connectivity index (χ0v) is 18.0. The van der Waals surface area contributed by atoms with Gasteiger partial charge in [0.05, 0.1) is 5.69 Å². The van der Waals surface area contributed by atoms with Gasteiger partial charge in [-0.15, -0.1) is 0 Å². The van der Waals surface area contributed by atoms with Gasteiger partial charge < -0.3 is 10.6 Å². The number of nitrogens with zero attached hydrogens (tertiary/aromatic N) is 2. The van der Waals surface area contributed by atoms with Gasteiger partial charge in [-0.2, -0.15) is 5.10 Å². The Balaban J connectivity index is 1.68. The summed E-state index contributed by atoms with van der Waals surface area (Å²) < 4.78 is 1.06. The van der Waals surface area contributed by atoms with E-state index >= 15 is 0 Å². The van der Waals surface area contributed by atoms with Crippen molar-refractivity contribution in [2.75, 3.05) is 10.6 Å². The molecule has 33 heavy (non-hydrogen) atoms. The van der Waals surface area contributed by atoms with Gasteiger partial charge in [-0.05, 0) is 37.3 Å². The molecule has 0 unspecified atom stereocenters. The Morgan fingerprint density at radius 2 is 1.48 bits per heavy atom. The van der Waals surface area contributed by atoms with Crippen molar-refractivity contribution in [3.05, 3.63) is 112 Å². The van der Waals surface area contributed by atoms with Crippen LogP contribution in [0.2, 0.25) is 0 Å². The predicted molar refractivity (Wildman–Crippen MR) is 128 cm³/mol. The highest BCUT2D eigenvalue weighted by Gasteiger charge is 2.16. The van der Waals surface area contributed by atoms with E-state index in [9.17, 15) is 14.4 Å². The second-order valence-electron chi connectivity index (χ2n) is 7.51. The maximum Gasteiger partial charge on any atom is 0.291 e. The third-order valence-corrected chi connectivity index (χ3v) is 4.96. The van der Waals surface area contributed by atoms with Gasteiger partial charge in [0, 0.05) is 16.8 Å². The molecule has 0 aliphatic rings. The molecule has 2 N–H and O–H groups in total. The van der Waals surface area contributed by atoms with Crippen LogP contribution in [0.25, 0.3) is 11.3 Å². The van der Waals surface area contributed by atoms with Gasteiger partial charge in [0.15, 0.2) is 0 Å². The number of aromatic nitrogens is 2. The first-order chi connectivity index (χ1) is 16.0. The molecule has 0 saturated carbocycles. The highest BCUT2D eigenvalue weighted by atomic mass is 16.2. The van der Waals surface area contributed by atoms with E-state index in [4.69, 9.17) is 0 Å². The number of hydrogen-bond donors (Lipinski definition) is 2. The van der Waals surface area contributed by atoms with Crippen molar-refractivity contribution in [1.82, 2.24) is 9.78 Å². The quantitative estimate of drug-likeness (QED) is 0.474. The summed E-state index contributed by atoms with van der Waals surface area (Å²) in [6.45, 7) is 1.67. The molecule has 0 radical (unpaired) electrons. The molecule has 0 saturated heterocycles. The van der Waals surface area contributed by atoms with Gasteiger partial charge in [-0.3, -0.25) is 14.4 Å². The van der Waals surface area contributed by atoms with E-state index in [2.05, 4.69) is 15.7 Å². The standard InChI is InChI=1S/C26H22N4O3/c1-18-12-14-19(15-13-18)22-16-23(28-25(32)20-8-4-2-5-9-20)26(33)30(29-22)17-24(31)27-21-10-6-3-7-11-21/h2-16H,17H2,1H3,(H,27,31)(H,28,32). The molecule has 3 aromatic carbocycles. The molecule has 1 aromatic heterocycles. The Kier molecular flexibility index (Phi) is 6.40. The maximum absolute atomic E-state index is 13.1. The fourth-order valence-electron chi connectivity index (χ4n) is 3.25. The van der Waals surface area contributed by atoms with Crippen LogP contribution in [0.1, 0.15) is 15.9 Å². The lowest BCUT2D eigenvalue weighted by Gasteiger charge is -2.12. The summed E-state index contributed by atoms with van der Waals surface area (Å²) in [4.78, 5) is 38.3. The van der Waals surface area contributed by atoms with Gasteiger partial charge in [-0.25, -0.2) is 4.68 Å². The van der Waals surface area contributed by atoms with Gasteiger partial charge in [-0.1, -0.05) is 66.2 Å². The minimum Gasteiger partial charge on any atom is -0.324 e. The number of hydrogen-bond acceptors (Lipinski definition) is 4. The van der Waals surface area contributed by atoms with Crippen molar-refractivity contribution in [3.63, 3.8) is 0 Å². The number of amides is 2. The summed E-state index contributed by atoms with van der Waals surface area (Å²) >= 11 is 0. The fourth-order valence-corrected chi connectivity index (χ4v) is 3.25. The van der Waals surface area contributed by atoms with Gasteiger partial charge >= 0.3 is 0 Å². The smallest absolute Gasteiger partial charge is 0.291 e. The van der Waals surface area contributed by atoms with E-state index in [-0.39, 0.29) is 12.2 Å². The largest absolute Gasteiger partial charge is 0.324 e. The Morgan fingerprint density at radius 1 is 0.848 bits per heavy atom. The Hall–Kier alpha value is -4.52. The molecule has 4 rings (SSSR count). The van der Waals surface area contributed by atoms with Crippen LogP contribution < -0.4 is 16.2 Å². The van der Waals surface area contributed by atoms with E-state index in [1.807, 2.05) is 37.3 Å². The van der Waals surface area contributed by atoms with Gasteiger partial charge in [0.25, 0.3) is 11.5 Å². The highest BCUT2D eigenvalue weighted by Crippen LogP contribution is 2.19. The first kappa shape index (κ1) is 21.7. The minimum absolute atomic E-state index is 0.0435. The molecule has 1 heterocycles. The van der Waals surface area contributed by atoms with Crippen LogP contribution in [-0.4, -0.2) is 21.6 Å². The summed E-state index contributed by atoms with van der Waals surface area (Å²) in [6.07, 6.45) is 0. The van der Waals surface area contributed by atoms with Crippen LogP contribution >= 0.6 is 0 Å². The van der Waals surface area contributed by atoms with Crippen LogP contribution in [0.4, 0.5) is 11.4 Å². The molecule has 164 valence electrons. The molecule has 7 nitrogen and oxygen atoms in total. The van der Waals surface area contributed by atoms with Gasteiger partial charge in [0.2, 0.25) is 5.91 Å². The SMILES string of the molecule is Cc1ccc(-c2cc(NC(=O)c3ccccc3)c(=O)n(CC(=O)Nc3ccccc3)n2)cc1. The van der Waals surface area contributed by atoms with E-state index in [0.717, 1.165) is 15.8 Å². The van der Waals surface area contributed by atoms with Crippen molar-refractivity contribution in [3.8, 4) is 11.3 Å². The molecular formula is C26H22N4O3. The molecule has 0 atom stereocenters. The third-order valence-electron chi connectivity index (χ3n) is 4.96. The Bertz CT molecular complexity index is 1330. The lowest BCUT2D eigenvalue weighted by molar-refractivity contribution is -0.117. The number of carbonyl (C=O) groups excluding carboxylic acids is 2. The van der Waals surface area contributed by atoms with Crippen molar-refractivity contribution < 1.29 is 9.59 Å². The van der Waals surface area contributed by atoms with Crippen LogP contribution in [0.5, 0.6) is 0 Å². The summed E-state index contributed by atoms with van der Waals surface area (Å²) in [5.74, 6) is -0.828. The molecular weight excluding hydrogens is 416 g/mol. The number of aryl methyl sites for hydroxylation is 1. The van der Waals surface area contributed by atoms with E-state index in [1.165, 1.54) is 6.07 Å². The second kappa shape index (κ2) is 9.74. The van der Waals surface area contributed by atoms with Gasteiger partial charge in [0.1, 0.15) is 12.2 Å².